The summed E-state index contributed by atoms with van der Waals surface area (Å²) in [5.41, 5.74) is 1.97. The highest BCUT2D eigenvalue weighted by Crippen LogP contribution is 2.31. The molecule has 0 bridgehead atoms. The normalized spacial score (nSPS) is 24.6. The highest BCUT2D eigenvalue weighted by molar-refractivity contribution is 5.94. The van der Waals surface area contributed by atoms with Crippen LogP contribution < -0.4 is 10.6 Å². The lowest BCUT2D eigenvalue weighted by atomic mass is 9.92. The molecule has 0 spiro atoms. The van der Waals surface area contributed by atoms with Crippen LogP contribution in [0.2, 0.25) is 0 Å². The molecule has 1 amide bonds. The highest BCUT2D eigenvalue weighted by Gasteiger charge is 2.49. The highest BCUT2D eigenvalue weighted by atomic mass is 16.6. The minimum absolute atomic E-state index is 0.0367. The molecule has 3 heterocycles. The summed E-state index contributed by atoms with van der Waals surface area (Å²) in [6, 6.07) is 8.37. The van der Waals surface area contributed by atoms with Crippen LogP contribution in [0.4, 0.5) is 16.4 Å². The van der Waals surface area contributed by atoms with E-state index < -0.39 is 12.2 Å². The molecule has 0 radical (unpaired) electrons. The maximum absolute atomic E-state index is 12.3. The third-order valence-corrected chi connectivity index (χ3v) is 5.54. The van der Waals surface area contributed by atoms with Crippen LogP contribution in [-0.2, 0) is 19.6 Å². The summed E-state index contributed by atoms with van der Waals surface area (Å²) in [6.07, 6.45) is -0.0346. The molecule has 4 atom stereocenters. The number of anilines is 2. The van der Waals surface area contributed by atoms with Gasteiger partial charge in [0.1, 0.15) is 12.2 Å². The molecule has 1 aromatic carbocycles. The van der Waals surface area contributed by atoms with E-state index in [4.69, 9.17) is 14.2 Å². The first-order chi connectivity index (χ1) is 15.2. The number of Topliss-reactive ketones (excluding diaryl/α,β-unsaturated/α-hetero) is 1. The quantitative estimate of drug-likeness (QED) is 0.682. The van der Waals surface area contributed by atoms with Crippen LogP contribution in [-0.4, -0.2) is 59.4 Å². The third kappa shape index (κ3) is 4.89. The van der Waals surface area contributed by atoms with Gasteiger partial charge in [-0.25, -0.2) is 14.8 Å². The van der Waals surface area contributed by atoms with Crippen molar-refractivity contribution in [2.45, 2.75) is 57.5 Å². The number of ether oxygens (including phenoxy) is 3. The van der Waals surface area contributed by atoms with E-state index in [0.29, 0.717) is 23.8 Å². The molecule has 0 saturated carbocycles. The largest absolute Gasteiger partial charge is 0.441 e. The fourth-order valence-electron chi connectivity index (χ4n) is 3.77. The molecule has 0 aliphatic carbocycles. The summed E-state index contributed by atoms with van der Waals surface area (Å²) in [5, 5.41) is 5.96. The molecule has 32 heavy (non-hydrogen) atoms. The Morgan fingerprint density at radius 3 is 2.47 bits per heavy atom. The number of nitrogens with one attached hydrogen (secondary N) is 2. The minimum Gasteiger partial charge on any atom is -0.441 e. The van der Waals surface area contributed by atoms with Gasteiger partial charge in [-0.2, -0.15) is 0 Å². The van der Waals surface area contributed by atoms with Gasteiger partial charge in [-0.05, 0) is 37.3 Å². The van der Waals surface area contributed by atoms with Crippen LogP contribution >= 0.6 is 0 Å². The van der Waals surface area contributed by atoms with E-state index >= 15 is 0 Å². The molecule has 4 rings (SSSR count). The lowest BCUT2D eigenvalue weighted by molar-refractivity contribution is 0.00916. The smallest absolute Gasteiger partial charge is 0.412 e. The van der Waals surface area contributed by atoms with E-state index in [9.17, 15) is 9.59 Å². The van der Waals surface area contributed by atoms with Crippen molar-refractivity contribution in [1.29, 1.82) is 0 Å². The Morgan fingerprint density at radius 1 is 1.06 bits per heavy atom. The zero-order chi connectivity index (χ0) is 22.9. The van der Waals surface area contributed by atoms with Gasteiger partial charge in [0, 0.05) is 22.9 Å². The Bertz CT molecular complexity index is 989. The second-order valence-electron chi connectivity index (χ2n) is 9.06. The first-order valence-electron chi connectivity index (χ1n) is 10.6. The van der Waals surface area contributed by atoms with Crippen molar-refractivity contribution in [2.75, 3.05) is 23.8 Å². The number of carbonyl (C=O) groups excluding carboxylic acids is 2. The number of aromatic nitrogens is 2. The van der Waals surface area contributed by atoms with Gasteiger partial charge in [0.2, 0.25) is 5.95 Å². The number of hydrogen-bond acceptors (Lipinski definition) is 8. The molecule has 2 aromatic rings. The van der Waals surface area contributed by atoms with Crippen LogP contribution in [0, 0.1) is 0 Å². The molecule has 9 heteroatoms. The van der Waals surface area contributed by atoms with Gasteiger partial charge < -0.3 is 19.5 Å². The summed E-state index contributed by atoms with van der Waals surface area (Å²) in [6.45, 7) is 8.42. The van der Waals surface area contributed by atoms with E-state index in [2.05, 4.69) is 41.4 Å². The number of rotatable bonds is 5. The lowest BCUT2D eigenvalue weighted by Gasteiger charge is -2.20. The second kappa shape index (κ2) is 8.84. The van der Waals surface area contributed by atoms with Crippen LogP contribution in [0.25, 0.3) is 0 Å². The molecule has 9 nitrogen and oxygen atoms in total. The van der Waals surface area contributed by atoms with E-state index in [1.54, 1.807) is 30.5 Å². The van der Waals surface area contributed by atoms with Gasteiger partial charge in [-0.1, -0.05) is 20.8 Å². The van der Waals surface area contributed by atoms with Crippen LogP contribution in [0.5, 0.6) is 0 Å². The molecular formula is C23H28N4O5. The Hall–Kier alpha value is -3.04. The van der Waals surface area contributed by atoms with E-state index in [1.807, 2.05) is 6.07 Å². The summed E-state index contributed by atoms with van der Waals surface area (Å²) < 4.78 is 17.3. The van der Waals surface area contributed by atoms with E-state index in [0.717, 1.165) is 5.69 Å². The molecule has 2 aliphatic heterocycles. The summed E-state index contributed by atoms with van der Waals surface area (Å²) in [7, 11) is 0. The van der Waals surface area contributed by atoms with Gasteiger partial charge in [0.15, 0.2) is 11.9 Å². The van der Waals surface area contributed by atoms with Crippen LogP contribution in [0.3, 0.4) is 0 Å². The number of fused-ring (bicyclic) bond motifs is 1. The van der Waals surface area contributed by atoms with Crippen molar-refractivity contribution >= 4 is 23.5 Å². The molecule has 2 N–H and O–H groups in total. The van der Waals surface area contributed by atoms with E-state index in [1.165, 1.54) is 6.92 Å². The molecule has 170 valence electrons. The predicted octanol–water partition coefficient (Wildman–Crippen LogP) is 3.17. The number of hydrogen-bond donors (Lipinski definition) is 2. The van der Waals surface area contributed by atoms with Gasteiger partial charge >= 0.3 is 6.09 Å². The summed E-state index contributed by atoms with van der Waals surface area (Å²) in [4.78, 5) is 32.6. The van der Waals surface area contributed by atoms with Crippen molar-refractivity contribution in [3.05, 3.63) is 47.8 Å². The molecule has 1 aromatic heterocycles. The monoisotopic (exact) mass is 440 g/mol. The van der Waals surface area contributed by atoms with Crippen molar-refractivity contribution in [3.63, 3.8) is 0 Å². The van der Waals surface area contributed by atoms with Crippen molar-refractivity contribution in [1.82, 2.24) is 9.97 Å². The zero-order valence-electron chi connectivity index (χ0n) is 18.6. The molecular weight excluding hydrogens is 412 g/mol. The van der Waals surface area contributed by atoms with Crippen molar-refractivity contribution in [3.8, 4) is 0 Å². The van der Waals surface area contributed by atoms with Crippen molar-refractivity contribution in [2.24, 2.45) is 0 Å². The van der Waals surface area contributed by atoms with Gasteiger partial charge in [-0.15, -0.1) is 0 Å². The van der Waals surface area contributed by atoms with Gasteiger partial charge in [0.25, 0.3) is 0 Å². The molecule has 2 fully saturated rings. The third-order valence-electron chi connectivity index (χ3n) is 5.54. The molecule has 2 saturated heterocycles. The van der Waals surface area contributed by atoms with E-state index in [-0.39, 0.29) is 36.1 Å². The van der Waals surface area contributed by atoms with Crippen molar-refractivity contribution < 1.29 is 23.8 Å². The fraction of sp³-hybridized carbons (Fsp3) is 0.478. The number of benzene rings is 1. The fourth-order valence-corrected chi connectivity index (χ4v) is 3.77. The lowest BCUT2D eigenvalue weighted by Crippen LogP contribution is -2.38. The van der Waals surface area contributed by atoms with Gasteiger partial charge in [-0.3, -0.25) is 10.1 Å². The average Bonchev–Trinajstić information content (AvgIpc) is 3.31. The zero-order valence-corrected chi connectivity index (χ0v) is 18.6. The number of ketones is 1. The second-order valence-corrected chi connectivity index (χ2v) is 9.06. The summed E-state index contributed by atoms with van der Waals surface area (Å²) in [5.74, 6) is 0.483. The standard InChI is InChI=1S/C23H28N4O5/c1-13(28)14-5-7-15(8-6-14)25-22(29)32-17-12-31-19-16(11-30-20(17)19)26-21-24-10-9-18(27-21)23(2,3)4/h5-10,16-17,19-20H,11-12H2,1-4H3,(H,25,29)(H,24,26,27)/t16-,17-,19-,20+/m0/s1. The molecule has 0 unspecified atom stereocenters. The Kier molecular flexibility index (Phi) is 6.12. The number of carbonyl (C=O) groups is 2. The first kappa shape index (κ1) is 22.2. The maximum Gasteiger partial charge on any atom is 0.412 e. The SMILES string of the molecule is CC(=O)c1ccc(NC(=O)O[C@H]2CO[C@@H]3[C@@H]2OC[C@@H]3Nc2nccc(C(C)(C)C)n2)cc1. The molecule has 2 aliphatic rings. The summed E-state index contributed by atoms with van der Waals surface area (Å²) >= 11 is 0. The number of nitrogens with zero attached hydrogens (tertiary/aromatic N) is 2. The Labute approximate surface area is 186 Å². The van der Waals surface area contributed by atoms with Gasteiger partial charge in [0.05, 0.1) is 24.9 Å². The minimum atomic E-state index is -0.601. The predicted molar refractivity (Wildman–Crippen MR) is 118 cm³/mol. The first-order valence-corrected chi connectivity index (χ1v) is 10.6. The Morgan fingerprint density at radius 2 is 1.78 bits per heavy atom. The average molecular weight is 441 g/mol. The maximum atomic E-state index is 12.3. The Balaban J connectivity index is 1.33. The van der Waals surface area contributed by atoms with Crippen LogP contribution in [0.15, 0.2) is 36.5 Å². The number of amides is 1. The van der Waals surface area contributed by atoms with Crippen LogP contribution in [0.1, 0.15) is 43.7 Å². The topological polar surface area (TPSA) is 112 Å².